The van der Waals surface area contributed by atoms with Gasteiger partial charge in [-0.2, -0.15) is 0 Å². The average Bonchev–Trinajstić information content (AvgIpc) is 2.90. The van der Waals surface area contributed by atoms with Gasteiger partial charge in [0.15, 0.2) is 0 Å². The summed E-state index contributed by atoms with van der Waals surface area (Å²) < 4.78 is 11.9. The fourth-order valence-electron chi connectivity index (χ4n) is 4.17. The summed E-state index contributed by atoms with van der Waals surface area (Å²) in [5.74, 6) is 0.502. The monoisotopic (exact) mass is 455 g/mol. The standard InChI is InChI=1S/C27H25N3O4/c1-33-22-12-10-21(11-13-22)30-26(31)24-5-3-2-4-23(24)25(27(30)32)18-28-19-6-8-20(9-7-19)29-14-16-34-17-15-29/h2-13,18,32H,14-17H2,1H3. The number of methoxy groups -OCH3 is 1. The number of hydrogen-bond donors (Lipinski definition) is 1. The highest BCUT2D eigenvalue weighted by atomic mass is 16.5. The van der Waals surface area contributed by atoms with Crippen molar-refractivity contribution in [3.05, 3.63) is 88.7 Å². The van der Waals surface area contributed by atoms with Gasteiger partial charge >= 0.3 is 0 Å². The molecule has 34 heavy (non-hydrogen) atoms. The van der Waals surface area contributed by atoms with Gasteiger partial charge in [0.1, 0.15) is 5.75 Å². The normalized spacial score (nSPS) is 14.1. The zero-order valence-electron chi connectivity index (χ0n) is 18.8. The summed E-state index contributed by atoms with van der Waals surface area (Å²) in [6, 6.07) is 22.2. The summed E-state index contributed by atoms with van der Waals surface area (Å²) in [6.45, 7) is 3.21. The van der Waals surface area contributed by atoms with Gasteiger partial charge < -0.3 is 19.5 Å². The summed E-state index contributed by atoms with van der Waals surface area (Å²) in [7, 11) is 1.58. The maximum atomic E-state index is 13.2. The Balaban J connectivity index is 1.55. The molecule has 1 aliphatic rings. The highest BCUT2D eigenvalue weighted by molar-refractivity contribution is 6.02. The number of aromatic hydroxyl groups is 1. The number of aromatic nitrogens is 1. The van der Waals surface area contributed by atoms with Gasteiger partial charge in [-0.25, -0.2) is 4.57 Å². The number of pyridine rings is 1. The van der Waals surface area contributed by atoms with Crippen LogP contribution in [0.1, 0.15) is 5.56 Å². The number of aliphatic imine (C=N–C) groups is 1. The molecule has 2 heterocycles. The van der Waals surface area contributed by atoms with Crippen LogP contribution in [0.4, 0.5) is 11.4 Å². The van der Waals surface area contributed by atoms with Gasteiger partial charge in [0, 0.05) is 35.8 Å². The van der Waals surface area contributed by atoms with Gasteiger partial charge in [-0.15, -0.1) is 0 Å². The smallest absolute Gasteiger partial charge is 0.265 e. The third-order valence-corrected chi connectivity index (χ3v) is 6.00. The van der Waals surface area contributed by atoms with Crippen molar-refractivity contribution in [1.82, 2.24) is 4.57 Å². The van der Waals surface area contributed by atoms with E-state index in [0.29, 0.717) is 27.8 Å². The Morgan fingerprint density at radius 1 is 0.912 bits per heavy atom. The fraction of sp³-hybridized carbons (Fsp3) is 0.185. The van der Waals surface area contributed by atoms with Crippen LogP contribution in [0.3, 0.4) is 0 Å². The Labute approximate surface area is 197 Å². The number of rotatable bonds is 5. The van der Waals surface area contributed by atoms with E-state index in [-0.39, 0.29) is 11.4 Å². The molecule has 0 bridgehead atoms. The molecule has 1 saturated heterocycles. The summed E-state index contributed by atoms with van der Waals surface area (Å²) >= 11 is 0. The van der Waals surface area contributed by atoms with Gasteiger partial charge in [-0.3, -0.25) is 9.79 Å². The molecule has 1 aliphatic heterocycles. The summed E-state index contributed by atoms with van der Waals surface area (Å²) in [5.41, 5.74) is 2.60. The lowest BCUT2D eigenvalue weighted by Crippen LogP contribution is -2.36. The molecule has 0 amide bonds. The zero-order chi connectivity index (χ0) is 23.5. The van der Waals surface area contributed by atoms with Gasteiger partial charge in [-0.1, -0.05) is 18.2 Å². The second-order valence-corrected chi connectivity index (χ2v) is 8.00. The number of ether oxygens (including phenoxy) is 2. The van der Waals surface area contributed by atoms with E-state index in [9.17, 15) is 9.90 Å². The number of morpholine rings is 1. The molecule has 0 unspecified atom stereocenters. The minimum Gasteiger partial charge on any atom is -0.497 e. The number of fused-ring (bicyclic) bond motifs is 1. The molecule has 0 radical (unpaired) electrons. The molecule has 0 aliphatic carbocycles. The quantitative estimate of drug-likeness (QED) is 0.455. The Bertz CT molecular complexity index is 1390. The van der Waals surface area contributed by atoms with Crippen molar-refractivity contribution >= 4 is 28.4 Å². The highest BCUT2D eigenvalue weighted by Gasteiger charge is 2.16. The molecule has 4 aromatic rings. The Morgan fingerprint density at radius 2 is 1.56 bits per heavy atom. The van der Waals surface area contributed by atoms with E-state index in [1.54, 1.807) is 43.7 Å². The van der Waals surface area contributed by atoms with Crippen LogP contribution in [-0.2, 0) is 4.74 Å². The minimum atomic E-state index is -0.301. The molecular formula is C27H25N3O4. The van der Waals surface area contributed by atoms with Crippen molar-refractivity contribution in [3.8, 4) is 17.3 Å². The van der Waals surface area contributed by atoms with E-state index in [4.69, 9.17) is 9.47 Å². The lowest BCUT2D eigenvalue weighted by molar-refractivity contribution is 0.122. The van der Waals surface area contributed by atoms with E-state index in [0.717, 1.165) is 37.7 Å². The van der Waals surface area contributed by atoms with E-state index in [1.165, 1.54) is 4.57 Å². The summed E-state index contributed by atoms with van der Waals surface area (Å²) in [6.07, 6.45) is 1.61. The van der Waals surface area contributed by atoms with Gasteiger partial charge in [-0.05, 0) is 54.6 Å². The SMILES string of the molecule is COc1ccc(-n2c(O)c(C=Nc3ccc(N4CCOCC4)cc3)c3ccccc3c2=O)cc1. The number of benzene rings is 3. The maximum absolute atomic E-state index is 13.2. The second kappa shape index (κ2) is 9.41. The van der Waals surface area contributed by atoms with Crippen molar-refractivity contribution in [2.24, 2.45) is 4.99 Å². The van der Waals surface area contributed by atoms with Crippen LogP contribution < -0.4 is 15.2 Å². The molecule has 0 spiro atoms. The van der Waals surface area contributed by atoms with Crippen molar-refractivity contribution in [2.45, 2.75) is 0 Å². The lowest BCUT2D eigenvalue weighted by Gasteiger charge is -2.28. The van der Waals surface area contributed by atoms with Gasteiger partial charge in [0.05, 0.1) is 37.3 Å². The number of nitrogens with zero attached hydrogens (tertiary/aromatic N) is 3. The number of hydrogen-bond acceptors (Lipinski definition) is 6. The summed E-state index contributed by atoms with van der Waals surface area (Å²) in [4.78, 5) is 20.1. The summed E-state index contributed by atoms with van der Waals surface area (Å²) in [5, 5.41) is 12.3. The van der Waals surface area contributed by atoms with Crippen LogP contribution in [0.15, 0.2) is 82.6 Å². The van der Waals surface area contributed by atoms with Crippen LogP contribution >= 0.6 is 0 Å². The molecular weight excluding hydrogens is 430 g/mol. The zero-order valence-corrected chi connectivity index (χ0v) is 18.8. The molecule has 5 rings (SSSR count). The first-order valence-corrected chi connectivity index (χ1v) is 11.1. The number of anilines is 1. The van der Waals surface area contributed by atoms with E-state index in [2.05, 4.69) is 9.89 Å². The fourth-order valence-corrected chi connectivity index (χ4v) is 4.17. The Hall–Kier alpha value is -4.10. The molecule has 172 valence electrons. The van der Waals surface area contributed by atoms with Crippen LogP contribution in [-0.4, -0.2) is 49.3 Å². The van der Waals surface area contributed by atoms with Crippen molar-refractivity contribution < 1.29 is 14.6 Å². The average molecular weight is 456 g/mol. The maximum Gasteiger partial charge on any atom is 0.265 e. The van der Waals surface area contributed by atoms with E-state index in [1.807, 2.05) is 42.5 Å². The first kappa shape index (κ1) is 21.7. The minimum absolute atomic E-state index is 0.164. The molecule has 1 aromatic heterocycles. The molecule has 1 N–H and O–H groups in total. The molecule has 1 fully saturated rings. The molecule has 7 nitrogen and oxygen atoms in total. The largest absolute Gasteiger partial charge is 0.497 e. The highest BCUT2D eigenvalue weighted by Crippen LogP contribution is 2.28. The van der Waals surface area contributed by atoms with Crippen LogP contribution in [0.2, 0.25) is 0 Å². The predicted molar refractivity (Wildman–Crippen MR) is 134 cm³/mol. The molecule has 0 atom stereocenters. The van der Waals surface area contributed by atoms with Crippen LogP contribution in [0, 0.1) is 0 Å². The van der Waals surface area contributed by atoms with Crippen molar-refractivity contribution in [3.63, 3.8) is 0 Å². The third-order valence-electron chi connectivity index (χ3n) is 6.00. The van der Waals surface area contributed by atoms with Crippen LogP contribution in [0.5, 0.6) is 11.6 Å². The Morgan fingerprint density at radius 3 is 2.24 bits per heavy atom. The topological polar surface area (TPSA) is 76.3 Å². The lowest BCUT2D eigenvalue weighted by atomic mass is 10.1. The van der Waals surface area contributed by atoms with Crippen LogP contribution in [0.25, 0.3) is 16.5 Å². The first-order valence-electron chi connectivity index (χ1n) is 11.1. The second-order valence-electron chi connectivity index (χ2n) is 8.00. The third kappa shape index (κ3) is 4.13. The molecule has 0 saturated carbocycles. The van der Waals surface area contributed by atoms with E-state index >= 15 is 0 Å². The van der Waals surface area contributed by atoms with Gasteiger partial charge in [0.25, 0.3) is 5.56 Å². The molecule has 3 aromatic carbocycles. The van der Waals surface area contributed by atoms with E-state index < -0.39 is 0 Å². The Kier molecular flexibility index (Phi) is 6.01. The van der Waals surface area contributed by atoms with Crippen molar-refractivity contribution in [1.29, 1.82) is 0 Å². The predicted octanol–water partition coefficient (Wildman–Crippen LogP) is 4.29. The molecule has 7 heteroatoms. The van der Waals surface area contributed by atoms with Gasteiger partial charge in [0.2, 0.25) is 5.88 Å². The first-order chi connectivity index (χ1) is 16.7. The van der Waals surface area contributed by atoms with Crippen molar-refractivity contribution in [2.75, 3.05) is 38.3 Å².